The Hall–Kier alpha value is -1.36. The number of amides is 1. The van der Waals surface area contributed by atoms with E-state index in [1.54, 1.807) is 0 Å². The lowest BCUT2D eigenvalue weighted by Gasteiger charge is -2.06. The smallest absolute Gasteiger partial charge is 0.239 e. The molecule has 1 amide bonds. The summed E-state index contributed by atoms with van der Waals surface area (Å²) in [5.41, 5.74) is 0. The molecule has 0 saturated heterocycles. The molecule has 0 aliphatic heterocycles. The van der Waals surface area contributed by atoms with Crippen molar-refractivity contribution in [2.45, 2.75) is 18.9 Å². The zero-order chi connectivity index (χ0) is 10.7. The summed E-state index contributed by atoms with van der Waals surface area (Å²) < 4.78 is 0. The van der Waals surface area contributed by atoms with E-state index in [-0.39, 0.29) is 17.6 Å². The predicted molar refractivity (Wildman–Crippen MR) is 56.7 cm³/mol. The van der Waals surface area contributed by atoms with E-state index in [4.69, 9.17) is 11.6 Å². The fourth-order valence-corrected chi connectivity index (χ4v) is 1.28. The van der Waals surface area contributed by atoms with Crippen molar-refractivity contribution in [2.24, 2.45) is 0 Å². The fourth-order valence-electron chi connectivity index (χ4n) is 1.11. The van der Waals surface area contributed by atoms with Gasteiger partial charge >= 0.3 is 0 Å². The minimum atomic E-state index is -0.0424. The van der Waals surface area contributed by atoms with E-state index >= 15 is 0 Å². The number of anilines is 1. The number of carbonyl (C=O) groups is 1. The van der Waals surface area contributed by atoms with Crippen molar-refractivity contribution in [2.75, 3.05) is 11.9 Å². The maximum absolute atomic E-state index is 11.3. The first kappa shape index (κ1) is 10.2. The first-order valence-corrected chi connectivity index (χ1v) is 5.13. The fraction of sp³-hybridized carbons (Fsp3) is 0.444. The van der Waals surface area contributed by atoms with Crippen molar-refractivity contribution in [1.82, 2.24) is 15.3 Å². The van der Waals surface area contributed by atoms with E-state index < -0.39 is 0 Å². The number of carbonyl (C=O) groups excluding carboxylic acids is 1. The zero-order valence-electron chi connectivity index (χ0n) is 8.03. The van der Waals surface area contributed by atoms with Crippen LogP contribution in [-0.4, -0.2) is 28.5 Å². The maximum Gasteiger partial charge on any atom is 0.239 e. The summed E-state index contributed by atoms with van der Waals surface area (Å²) >= 11 is 5.76. The highest BCUT2D eigenvalue weighted by Crippen LogP contribution is 2.18. The first-order valence-electron chi connectivity index (χ1n) is 4.75. The van der Waals surface area contributed by atoms with Crippen LogP contribution in [0.25, 0.3) is 0 Å². The summed E-state index contributed by atoms with van der Waals surface area (Å²) in [4.78, 5) is 19.1. The number of halogens is 1. The molecule has 80 valence electrons. The van der Waals surface area contributed by atoms with Crippen molar-refractivity contribution in [1.29, 1.82) is 0 Å². The molecule has 6 heteroatoms. The van der Waals surface area contributed by atoms with Gasteiger partial charge in [0.1, 0.15) is 0 Å². The van der Waals surface area contributed by atoms with E-state index in [0.717, 1.165) is 12.8 Å². The second-order valence-corrected chi connectivity index (χ2v) is 3.75. The first-order chi connectivity index (χ1) is 7.25. The van der Waals surface area contributed by atoms with Crippen molar-refractivity contribution < 1.29 is 4.79 Å². The van der Waals surface area contributed by atoms with Crippen LogP contribution < -0.4 is 10.6 Å². The molecule has 1 aliphatic rings. The maximum atomic E-state index is 11.3. The molecule has 1 saturated carbocycles. The minimum Gasteiger partial charge on any atom is -0.358 e. The summed E-state index contributed by atoms with van der Waals surface area (Å²) in [6.45, 7) is 0.176. The van der Waals surface area contributed by atoms with E-state index in [2.05, 4.69) is 20.6 Å². The molecule has 0 aromatic carbocycles. The average Bonchev–Trinajstić information content (AvgIpc) is 3.00. The van der Waals surface area contributed by atoms with Gasteiger partial charge in [-0.15, -0.1) is 0 Å². The molecule has 2 rings (SSSR count). The van der Waals surface area contributed by atoms with Crippen molar-refractivity contribution in [3.05, 3.63) is 17.5 Å². The van der Waals surface area contributed by atoms with Crippen LogP contribution in [-0.2, 0) is 4.79 Å². The van der Waals surface area contributed by atoms with Crippen molar-refractivity contribution >= 4 is 23.3 Å². The minimum absolute atomic E-state index is 0.0424. The number of aromatic nitrogens is 2. The summed E-state index contributed by atoms with van der Waals surface area (Å²) in [5, 5.41) is 5.95. The standard InChI is InChI=1S/C9H11ClN4O/c10-8-9(12-4-3-11-8)13-5-7(15)14-6-1-2-6/h3-4,6H,1-2,5H2,(H,12,13)(H,14,15). The Labute approximate surface area is 92.3 Å². The van der Waals surface area contributed by atoms with Gasteiger partial charge in [0.25, 0.3) is 0 Å². The van der Waals surface area contributed by atoms with Gasteiger partial charge in [0.05, 0.1) is 6.54 Å². The molecule has 0 spiro atoms. The molecule has 0 atom stereocenters. The zero-order valence-corrected chi connectivity index (χ0v) is 8.79. The summed E-state index contributed by atoms with van der Waals surface area (Å²) in [5.74, 6) is 0.393. The molecular formula is C9H11ClN4O. The van der Waals surface area contributed by atoms with E-state index in [0.29, 0.717) is 11.9 Å². The van der Waals surface area contributed by atoms with Gasteiger partial charge in [-0.05, 0) is 12.8 Å². The average molecular weight is 227 g/mol. The summed E-state index contributed by atoms with van der Waals surface area (Å²) in [6, 6.07) is 0.372. The Bertz CT molecular complexity index is 367. The lowest BCUT2D eigenvalue weighted by molar-refractivity contribution is -0.119. The number of nitrogens with one attached hydrogen (secondary N) is 2. The van der Waals surface area contributed by atoms with E-state index in [9.17, 15) is 4.79 Å². The third-order valence-electron chi connectivity index (χ3n) is 2.01. The van der Waals surface area contributed by atoms with Gasteiger partial charge in [0.15, 0.2) is 11.0 Å². The number of nitrogens with zero attached hydrogens (tertiary/aromatic N) is 2. The monoisotopic (exact) mass is 226 g/mol. The Morgan fingerprint density at radius 1 is 1.47 bits per heavy atom. The van der Waals surface area contributed by atoms with Gasteiger partial charge < -0.3 is 10.6 Å². The molecule has 1 heterocycles. The van der Waals surface area contributed by atoms with Crippen LogP contribution in [0.2, 0.25) is 5.15 Å². The van der Waals surface area contributed by atoms with Crippen LogP contribution in [0.3, 0.4) is 0 Å². The van der Waals surface area contributed by atoms with Gasteiger partial charge in [0.2, 0.25) is 5.91 Å². The van der Waals surface area contributed by atoms with Crippen LogP contribution in [0.15, 0.2) is 12.4 Å². The lowest BCUT2D eigenvalue weighted by atomic mass is 10.5. The lowest BCUT2D eigenvalue weighted by Crippen LogP contribution is -2.31. The normalized spacial score (nSPS) is 14.7. The topological polar surface area (TPSA) is 66.9 Å². The van der Waals surface area contributed by atoms with Crippen LogP contribution in [0, 0.1) is 0 Å². The molecular weight excluding hydrogens is 216 g/mol. The second-order valence-electron chi connectivity index (χ2n) is 3.39. The molecule has 0 unspecified atom stereocenters. The van der Waals surface area contributed by atoms with Gasteiger partial charge in [-0.3, -0.25) is 4.79 Å². The van der Waals surface area contributed by atoms with Crippen LogP contribution >= 0.6 is 11.6 Å². The summed E-state index contributed by atoms with van der Waals surface area (Å²) in [7, 11) is 0. The SMILES string of the molecule is O=C(CNc1nccnc1Cl)NC1CC1. The molecule has 0 radical (unpaired) electrons. The highest BCUT2D eigenvalue weighted by atomic mass is 35.5. The van der Waals surface area contributed by atoms with Crippen molar-refractivity contribution in [3.8, 4) is 0 Å². The van der Waals surface area contributed by atoms with Crippen LogP contribution in [0.5, 0.6) is 0 Å². The van der Waals surface area contributed by atoms with Crippen LogP contribution in [0.1, 0.15) is 12.8 Å². The highest BCUT2D eigenvalue weighted by molar-refractivity contribution is 6.31. The summed E-state index contributed by atoms with van der Waals surface area (Å²) in [6.07, 6.45) is 5.18. The van der Waals surface area contributed by atoms with Gasteiger partial charge in [0, 0.05) is 18.4 Å². The largest absolute Gasteiger partial charge is 0.358 e. The van der Waals surface area contributed by atoms with Gasteiger partial charge in [-0.25, -0.2) is 9.97 Å². The van der Waals surface area contributed by atoms with E-state index in [1.165, 1.54) is 12.4 Å². The molecule has 5 nitrogen and oxygen atoms in total. The molecule has 1 aliphatic carbocycles. The third-order valence-corrected chi connectivity index (χ3v) is 2.29. The van der Waals surface area contributed by atoms with Gasteiger partial charge in [-0.2, -0.15) is 0 Å². The highest BCUT2D eigenvalue weighted by Gasteiger charge is 2.22. The Morgan fingerprint density at radius 3 is 2.87 bits per heavy atom. The Balaban J connectivity index is 1.81. The quantitative estimate of drug-likeness (QED) is 0.798. The second kappa shape index (κ2) is 4.44. The molecule has 1 aromatic heterocycles. The number of rotatable bonds is 4. The number of hydrogen-bond donors (Lipinski definition) is 2. The molecule has 15 heavy (non-hydrogen) atoms. The molecule has 1 aromatic rings. The molecule has 0 bridgehead atoms. The Morgan fingerprint density at radius 2 is 2.20 bits per heavy atom. The molecule has 1 fully saturated rings. The van der Waals surface area contributed by atoms with Crippen LogP contribution in [0.4, 0.5) is 5.82 Å². The number of hydrogen-bond acceptors (Lipinski definition) is 4. The third kappa shape index (κ3) is 3.06. The van der Waals surface area contributed by atoms with Gasteiger partial charge in [-0.1, -0.05) is 11.6 Å². The predicted octanol–water partition coefficient (Wildman–Crippen LogP) is 0.820. The van der Waals surface area contributed by atoms with Crippen molar-refractivity contribution in [3.63, 3.8) is 0 Å². The molecule has 2 N–H and O–H groups in total. The Kier molecular flexibility index (Phi) is 3.01. The van der Waals surface area contributed by atoms with E-state index in [1.807, 2.05) is 0 Å².